The van der Waals surface area contributed by atoms with Crippen molar-refractivity contribution in [2.24, 2.45) is 0 Å². The molecule has 1 atom stereocenters. The Kier molecular flexibility index (Phi) is 9.33. The molecular weight excluding hydrogens is 498 g/mol. The number of rotatable bonds is 10. The molecule has 0 unspecified atom stereocenters. The number of hydrogen-bond donors (Lipinski definition) is 1. The number of hydrogen-bond acceptors (Lipinski definition) is 4. The van der Waals surface area contributed by atoms with Gasteiger partial charge in [-0.1, -0.05) is 54.1 Å². The van der Waals surface area contributed by atoms with Gasteiger partial charge in [-0.25, -0.2) is 8.42 Å². The SMILES string of the molecule is Cc1cccc(CN(C(=O)CN(c2cc(C)cc(C)c2)S(=O)(=O)c2ccccc2)[C@H](C)C(=O)NC(C)C)c1. The highest BCUT2D eigenvalue weighted by Crippen LogP contribution is 2.26. The monoisotopic (exact) mass is 535 g/mol. The summed E-state index contributed by atoms with van der Waals surface area (Å²) in [5.41, 5.74) is 4.03. The van der Waals surface area contributed by atoms with Crippen molar-refractivity contribution >= 4 is 27.5 Å². The van der Waals surface area contributed by atoms with E-state index < -0.39 is 28.5 Å². The molecule has 0 radical (unpaired) electrons. The third kappa shape index (κ3) is 7.22. The van der Waals surface area contributed by atoms with Gasteiger partial charge < -0.3 is 10.2 Å². The highest BCUT2D eigenvalue weighted by Gasteiger charge is 2.32. The minimum atomic E-state index is -4.08. The van der Waals surface area contributed by atoms with E-state index in [1.807, 2.05) is 65.0 Å². The predicted octanol–water partition coefficient (Wildman–Crippen LogP) is 4.75. The molecule has 0 saturated heterocycles. The first-order chi connectivity index (χ1) is 17.9. The van der Waals surface area contributed by atoms with Crippen LogP contribution >= 0.6 is 0 Å². The number of aryl methyl sites for hydroxylation is 3. The molecule has 0 bridgehead atoms. The summed E-state index contributed by atoms with van der Waals surface area (Å²) in [7, 11) is -4.08. The molecule has 0 fully saturated rings. The number of sulfonamides is 1. The van der Waals surface area contributed by atoms with Crippen LogP contribution in [0.3, 0.4) is 0 Å². The number of nitrogens with one attached hydrogen (secondary N) is 1. The smallest absolute Gasteiger partial charge is 0.264 e. The van der Waals surface area contributed by atoms with Crippen LogP contribution in [0.2, 0.25) is 0 Å². The van der Waals surface area contributed by atoms with Crippen LogP contribution < -0.4 is 9.62 Å². The predicted molar refractivity (Wildman–Crippen MR) is 151 cm³/mol. The molecule has 7 nitrogen and oxygen atoms in total. The second-order valence-corrected chi connectivity index (χ2v) is 11.9. The fourth-order valence-corrected chi connectivity index (χ4v) is 5.76. The van der Waals surface area contributed by atoms with Gasteiger partial charge in [0.15, 0.2) is 0 Å². The third-order valence-corrected chi connectivity index (χ3v) is 7.93. The zero-order chi connectivity index (χ0) is 28.0. The Bertz CT molecular complexity index is 1370. The number of nitrogens with zero attached hydrogens (tertiary/aromatic N) is 2. The standard InChI is InChI=1S/C30H37N3O4S/c1-21(2)31-30(35)25(6)32(19-26-12-10-11-22(3)16-26)29(34)20-33(27-17-23(4)15-24(5)18-27)38(36,37)28-13-8-7-9-14-28/h7-18,21,25H,19-20H2,1-6H3,(H,31,35)/t25-/m1/s1. The number of benzene rings is 3. The molecule has 0 heterocycles. The van der Waals surface area contributed by atoms with Crippen LogP contribution in [-0.2, 0) is 26.2 Å². The molecule has 0 aliphatic rings. The fourth-order valence-electron chi connectivity index (χ4n) is 4.34. The Balaban J connectivity index is 2.06. The molecule has 8 heteroatoms. The quantitative estimate of drug-likeness (QED) is 0.406. The summed E-state index contributed by atoms with van der Waals surface area (Å²) >= 11 is 0. The molecule has 0 aliphatic carbocycles. The second-order valence-electron chi connectivity index (χ2n) is 10.0. The van der Waals surface area contributed by atoms with Crippen LogP contribution in [0.5, 0.6) is 0 Å². The van der Waals surface area contributed by atoms with Gasteiger partial charge in [-0.15, -0.1) is 0 Å². The summed E-state index contributed by atoms with van der Waals surface area (Å²) in [5.74, 6) is -0.776. The Morgan fingerprint density at radius 2 is 1.45 bits per heavy atom. The molecule has 0 aliphatic heterocycles. The van der Waals surface area contributed by atoms with E-state index in [9.17, 15) is 18.0 Å². The maximum absolute atomic E-state index is 13.9. The van der Waals surface area contributed by atoms with Gasteiger partial charge >= 0.3 is 0 Å². The summed E-state index contributed by atoms with van der Waals surface area (Å²) in [6, 6.07) is 20.3. The number of carbonyl (C=O) groups excluding carboxylic acids is 2. The van der Waals surface area contributed by atoms with Gasteiger partial charge in [-0.2, -0.15) is 0 Å². The average Bonchev–Trinajstić information content (AvgIpc) is 2.84. The van der Waals surface area contributed by atoms with Crippen molar-refractivity contribution in [2.75, 3.05) is 10.8 Å². The number of anilines is 1. The van der Waals surface area contributed by atoms with E-state index in [0.717, 1.165) is 26.6 Å². The van der Waals surface area contributed by atoms with Crippen molar-refractivity contribution in [3.63, 3.8) is 0 Å². The summed E-state index contributed by atoms with van der Waals surface area (Å²) in [4.78, 5) is 28.5. The maximum atomic E-state index is 13.9. The van der Waals surface area contributed by atoms with Gasteiger partial charge in [-0.3, -0.25) is 13.9 Å². The van der Waals surface area contributed by atoms with Crippen molar-refractivity contribution in [1.29, 1.82) is 0 Å². The van der Waals surface area contributed by atoms with Crippen molar-refractivity contribution in [3.05, 3.63) is 95.1 Å². The third-order valence-electron chi connectivity index (χ3n) is 6.14. The molecule has 0 spiro atoms. The summed E-state index contributed by atoms with van der Waals surface area (Å²) in [5, 5.41) is 2.87. The van der Waals surface area contributed by atoms with E-state index in [2.05, 4.69) is 5.32 Å². The number of carbonyl (C=O) groups is 2. The Hall–Kier alpha value is -3.65. The van der Waals surface area contributed by atoms with Crippen LogP contribution in [-0.4, -0.2) is 43.8 Å². The van der Waals surface area contributed by atoms with Crippen LogP contribution in [0.15, 0.2) is 77.7 Å². The minimum Gasteiger partial charge on any atom is -0.352 e. The lowest BCUT2D eigenvalue weighted by Crippen LogP contribution is -2.52. The van der Waals surface area contributed by atoms with Crippen molar-refractivity contribution < 1.29 is 18.0 Å². The zero-order valence-electron chi connectivity index (χ0n) is 22.9. The van der Waals surface area contributed by atoms with Gasteiger partial charge in [0.2, 0.25) is 11.8 Å². The lowest BCUT2D eigenvalue weighted by atomic mass is 10.1. The highest BCUT2D eigenvalue weighted by atomic mass is 32.2. The maximum Gasteiger partial charge on any atom is 0.264 e. The van der Waals surface area contributed by atoms with Crippen LogP contribution in [0.1, 0.15) is 43.0 Å². The highest BCUT2D eigenvalue weighted by molar-refractivity contribution is 7.92. The molecular formula is C30H37N3O4S. The van der Waals surface area contributed by atoms with Crippen molar-refractivity contribution in [1.82, 2.24) is 10.2 Å². The Labute approximate surface area is 226 Å². The van der Waals surface area contributed by atoms with E-state index >= 15 is 0 Å². The lowest BCUT2D eigenvalue weighted by molar-refractivity contribution is -0.139. The fraction of sp³-hybridized carbons (Fsp3) is 0.333. The minimum absolute atomic E-state index is 0.0859. The number of amides is 2. The van der Waals surface area contributed by atoms with E-state index in [1.54, 1.807) is 37.3 Å². The molecule has 3 rings (SSSR count). The lowest BCUT2D eigenvalue weighted by Gasteiger charge is -2.32. The largest absolute Gasteiger partial charge is 0.352 e. The molecule has 3 aromatic carbocycles. The summed E-state index contributed by atoms with van der Waals surface area (Å²) in [6.07, 6.45) is 0. The van der Waals surface area contributed by atoms with Gasteiger partial charge in [0.1, 0.15) is 12.6 Å². The van der Waals surface area contributed by atoms with Crippen LogP contribution in [0.25, 0.3) is 0 Å². The molecule has 0 saturated carbocycles. The Morgan fingerprint density at radius 3 is 2.03 bits per heavy atom. The summed E-state index contributed by atoms with van der Waals surface area (Å²) < 4.78 is 28.8. The van der Waals surface area contributed by atoms with E-state index in [1.165, 1.54) is 17.0 Å². The molecule has 38 heavy (non-hydrogen) atoms. The molecule has 3 aromatic rings. The average molecular weight is 536 g/mol. The normalized spacial score (nSPS) is 12.2. The van der Waals surface area contributed by atoms with Crippen molar-refractivity contribution in [3.8, 4) is 0 Å². The van der Waals surface area contributed by atoms with Gasteiger partial charge in [0.05, 0.1) is 10.6 Å². The summed E-state index contributed by atoms with van der Waals surface area (Å²) in [6.45, 7) is 10.8. The first-order valence-electron chi connectivity index (χ1n) is 12.7. The Morgan fingerprint density at radius 1 is 0.816 bits per heavy atom. The molecule has 0 aromatic heterocycles. The first kappa shape index (κ1) is 28.9. The molecule has 202 valence electrons. The first-order valence-corrected chi connectivity index (χ1v) is 14.1. The van der Waals surface area contributed by atoms with Crippen LogP contribution in [0, 0.1) is 20.8 Å². The van der Waals surface area contributed by atoms with E-state index in [0.29, 0.717) is 5.69 Å². The van der Waals surface area contributed by atoms with E-state index in [4.69, 9.17) is 0 Å². The zero-order valence-corrected chi connectivity index (χ0v) is 23.7. The molecule has 1 N–H and O–H groups in total. The van der Waals surface area contributed by atoms with Gasteiger partial charge in [0.25, 0.3) is 10.0 Å². The second kappa shape index (κ2) is 12.3. The van der Waals surface area contributed by atoms with Gasteiger partial charge in [0, 0.05) is 12.6 Å². The topological polar surface area (TPSA) is 86.8 Å². The van der Waals surface area contributed by atoms with E-state index in [-0.39, 0.29) is 23.4 Å². The van der Waals surface area contributed by atoms with Crippen LogP contribution in [0.4, 0.5) is 5.69 Å². The van der Waals surface area contributed by atoms with Gasteiger partial charge in [-0.05, 0) is 82.5 Å². The van der Waals surface area contributed by atoms with Crippen molar-refractivity contribution in [2.45, 2.75) is 65.1 Å². The molecule has 2 amide bonds.